The van der Waals surface area contributed by atoms with Gasteiger partial charge in [0.1, 0.15) is 10.8 Å². The van der Waals surface area contributed by atoms with Crippen molar-refractivity contribution in [1.29, 1.82) is 0 Å². The molecule has 1 aliphatic rings. The summed E-state index contributed by atoms with van der Waals surface area (Å²) in [5.74, 6) is 0.921. The number of ether oxygens (including phenoxy) is 1. The lowest BCUT2D eigenvalue weighted by atomic mass is 9.92. The highest BCUT2D eigenvalue weighted by Gasteiger charge is 2.25. The van der Waals surface area contributed by atoms with Gasteiger partial charge in [0, 0.05) is 40.8 Å². The molecule has 0 aliphatic carbocycles. The zero-order chi connectivity index (χ0) is 19.3. The number of benzene rings is 2. The molecule has 2 aromatic carbocycles. The Morgan fingerprint density at radius 1 is 1.13 bits per heavy atom. The van der Waals surface area contributed by atoms with Crippen molar-refractivity contribution in [3.05, 3.63) is 70.7 Å². The van der Waals surface area contributed by atoms with Gasteiger partial charge in [0.2, 0.25) is 0 Å². The van der Waals surface area contributed by atoms with E-state index in [1.165, 1.54) is 24.0 Å². The lowest BCUT2D eigenvalue weighted by molar-refractivity contribution is 0.303. The van der Waals surface area contributed by atoms with Gasteiger partial charge in [-0.1, -0.05) is 30.3 Å². The molecule has 4 rings (SSSR count). The van der Waals surface area contributed by atoms with E-state index in [2.05, 4.69) is 69.5 Å². The predicted octanol–water partition coefficient (Wildman–Crippen LogP) is 5.98. The molecule has 1 fully saturated rings. The highest BCUT2D eigenvalue weighted by atomic mass is 35.5. The van der Waals surface area contributed by atoms with E-state index in [1.807, 2.05) is 6.92 Å². The largest absolute Gasteiger partial charge is 0.496 e. The third kappa shape index (κ3) is 6.82. The Balaban J connectivity index is 0.00000160. The van der Waals surface area contributed by atoms with E-state index in [-0.39, 0.29) is 37.2 Å². The molecule has 170 valence electrons. The van der Waals surface area contributed by atoms with Gasteiger partial charge in [-0.15, -0.1) is 48.6 Å². The fraction of sp³-hybridized carbons (Fsp3) is 0.348. The number of aryl methyl sites for hydroxylation is 1. The van der Waals surface area contributed by atoms with E-state index in [4.69, 9.17) is 4.74 Å². The van der Waals surface area contributed by atoms with Crippen molar-refractivity contribution < 1.29 is 4.74 Å². The first-order valence-electron chi connectivity index (χ1n) is 9.86. The monoisotopic (exact) mass is 501 g/mol. The molecule has 4 nitrogen and oxygen atoms in total. The Morgan fingerprint density at radius 3 is 2.58 bits per heavy atom. The van der Waals surface area contributed by atoms with Crippen LogP contribution < -0.4 is 15.4 Å². The Hall–Kier alpha value is -1.34. The van der Waals surface area contributed by atoms with Gasteiger partial charge < -0.3 is 15.4 Å². The second kappa shape index (κ2) is 13.3. The number of hydrogen-bond donors (Lipinski definition) is 2. The Morgan fingerprint density at radius 2 is 1.90 bits per heavy atom. The molecule has 2 heterocycles. The first kappa shape index (κ1) is 27.7. The summed E-state index contributed by atoms with van der Waals surface area (Å²) in [5, 5.41) is 10.6. The van der Waals surface area contributed by atoms with E-state index in [9.17, 15) is 0 Å². The fourth-order valence-corrected chi connectivity index (χ4v) is 4.69. The maximum absolute atomic E-state index is 5.62. The molecule has 1 aromatic heterocycles. The normalized spacial score (nSPS) is 17.6. The summed E-state index contributed by atoms with van der Waals surface area (Å²) in [7, 11) is 1.74. The van der Waals surface area contributed by atoms with Gasteiger partial charge >= 0.3 is 0 Å². The molecular weight excluding hydrogens is 473 g/mol. The van der Waals surface area contributed by atoms with Crippen LogP contribution in [-0.2, 0) is 6.54 Å². The molecule has 0 saturated carbocycles. The number of rotatable bonds is 6. The molecule has 0 amide bonds. The Bertz CT molecular complexity index is 923. The number of nitrogens with one attached hydrogen (secondary N) is 2. The molecule has 0 radical (unpaired) electrons. The van der Waals surface area contributed by atoms with Gasteiger partial charge in [-0.05, 0) is 50.1 Å². The van der Waals surface area contributed by atoms with Gasteiger partial charge in [0.25, 0.3) is 0 Å². The summed E-state index contributed by atoms with van der Waals surface area (Å²) in [4.78, 5) is 4.63. The van der Waals surface area contributed by atoms with Crippen LogP contribution in [0.4, 0.5) is 0 Å². The van der Waals surface area contributed by atoms with Crippen LogP contribution in [0.25, 0.3) is 10.6 Å². The van der Waals surface area contributed by atoms with Crippen LogP contribution in [0.5, 0.6) is 5.75 Å². The number of methoxy groups -OCH3 is 1. The lowest BCUT2D eigenvalue weighted by Gasteiger charge is -2.34. The number of hydrogen-bond acceptors (Lipinski definition) is 5. The minimum absolute atomic E-state index is 0. The molecule has 1 aliphatic heterocycles. The Kier molecular flexibility index (Phi) is 11.8. The van der Waals surface area contributed by atoms with Crippen LogP contribution in [-0.4, -0.2) is 24.7 Å². The molecule has 2 atom stereocenters. The van der Waals surface area contributed by atoms with Crippen LogP contribution in [0.15, 0.2) is 53.9 Å². The van der Waals surface area contributed by atoms with Crippen molar-refractivity contribution >= 4 is 48.6 Å². The second-order valence-electron chi connectivity index (χ2n) is 7.29. The average molecular weight is 503 g/mol. The van der Waals surface area contributed by atoms with Gasteiger partial charge in [0.15, 0.2) is 0 Å². The predicted molar refractivity (Wildman–Crippen MR) is 138 cm³/mol. The van der Waals surface area contributed by atoms with Crippen LogP contribution in [0, 0.1) is 6.92 Å². The zero-order valence-electron chi connectivity index (χ0n) is 17.7. The SMILES string of the molecule is COc1ccc(-c2nc(C)cs2)cc1CN[C@H]1CCCN[C@H]1c1ccccc1.Cl.Cl.Cl. The zero-order valence-corrected chi connectivity index (χ0v) is 20.9. The van der Waals surface area contributed by atoms with E-state index in [0.29, 0.717) is 12.1 Å². The van der Waals surface area contributed by atoms with E-state index >= 15 is 0 Å². The molecule has 0 unspecified atom stereocenters. The summed E-state index contributed by atoms with van der Waals surface area (Å²) in [6.45, 7) is 3.88. The van der Waals surface area contributed by atoms with E-state index in [1.54, 1.807) is 18.4 Å². The molecule has 0 bridgehead atoms. The minimum atomic E-state index is 0. The third-order valence-electron chi connectivity index (χ3n) is 5.32. The standard InChI is InChI=1S/C23H27N3OS.3ClH/c1-16-15-28-23(26-16)18-10-11-21(27-2)19(13-18)14-25-20-9-6-12-24-22(20)17-7-4-3-5-8-17;;;/h3-5,7-8,10-11,13,15,20,22,24-25H,6,9,12,14H2,1-2H3;3*1H/t20-,22-;;;/m0.../s1. The van der Waals surface area contributed by atoms with Gasteiger partial charge in [-0.3, -0.25) is 0 Å². The van der Waals surface area contributed by atoms with Crippen LogP contribution >= 0.6 is 48.6 Å². The second-order valence-corrected chi connectivity index (χ2v) is 8.15. The number of piperidine rings is 1. The molecular formula is C23H30Cl3N3OS. The van der Waals surface area contributed by atoms with Crippen LogP contribution in [0.1, 0.15) is 35.7 Å². The third-order valence-corrected chi connectivity index (χ3v) is 6.33. The van der Waals surface area contributed by atoms with Crippen LogP contribution in [0.3, 0.4) is 0 Å². The van der Waals surface area contributed by atoms with Crippen molar-refractivity contribution in [3.8, 4) is 16.3 Å². The van der Waals surface area contributed by atoms with E-state index < -0.39 is 0 Å². The summed E-state index contributed by atoms with van der Waals surface area (Å²) in [5.41, 5.74) is 4.73. The maximum Gasteiger partial charge on any atom is 0.123 e. The highest BCUT2D eigenvalue weighted by molar-refractivity contribution is 7.13. The smallest absolute Gasteiger partial charge is 0.123 e. The quantitative estimate of drug-likeness (QED) is 0.435. The summed E-state index contributed by atoms with van der Waals surface area (Å²) < 4.78 is 5.62. The molecule has 3 aromatic rings. The minimum Gasteiger partial charge on any atom is -0.496 e. The number of thiazole rings is 1. The summed E-state index contributed by atoms with van der Waals surface area (Å²) in [6.07, 6.45) is 2.36. The summed E-state index contributed by atoms with van der Waals surface area (Å²) in [6, 6.07) is 17.8. The topological polar surface area (TPSA) is 46.2 Å². The van der Waals surface area contributed by atoms with Crippen molar-refractivity contribution in [2.45, 2.75) is 38.4 Å². The van der Waals surface area contributed by atoms with Gasteiger partial charge in [0.05, 0.1) is 7.11 Å². The van der Waals surface area contributed by atoms with E-state index in [0.717, 1.165) is 35.1 Å². The number of halogens is 3. The first-order valence-corrected chi connectivity index (χ1v) is 10.7. The lowest BCUT2D eigenvalue weighted by Crippen LogP contribution is -2.45. The van der Waals surface area contributed by atoms with Crippen LogP contribution in [0.2, 0.25) is 0 Å². The van der Waals surface area contributed by atoms with Crippen molar-refractivity contribution in [2.24, 2.45) is 0 Å². The fourth-order valence-electron chi connectivity index (χ4n) is 3.90. The maximum atomic E-state index is 5.62. The van der Waals surface area contributed by atoms with Crippen molar-refractivity contribution in [3.63, 3.8) is 0 Å². The van der Waals surface area contributed by atoms with Gasteiger partial charge in [-0.2, -0.15) is 0 Å². The molecule has 2 N–H and O–H groups in total. The first-order chi connectivity index (χ1) is 13.7. The van der Waals surface area contributed by atoms with Crippen molar-refractivity contribution in [1.82, 2.24) is 15.6 Å². The number of nitrogens with zero attached hydrogens (tertiary/aromatic N) is 1. The van der Waals surface area contributed by atoms with Crippen molar-refractivity contribution in [2.75, 3.05) is 13.7 Å². The van der Waals surface area contributed by atoms with Gasteiger partial charge in [-0.25, -0.2) is 4.98 Å². The Labute approximate surface area is 207 Å². The molecule has 1 saturated heterocycles. The highest BCUT2D eigenvalue weighted by Crippen LogP contribution is 2.30. The molecule has 0 spiro atoms. The average Bonchev–Trinajstić information content (AvgIpc) is 3.19. The number of aromatic nitrogens is 1. The summed E-state index contributed by atoms with van der Waals surface area (Å²) >= 11 is 1.69. The molecule has 31 heavy (non-hydrogen) atoms. The molecule has 8 heteroatoms.